The van der Waals surface area contributed by atoms with Gasteiger partial charge in [0, 0.05) is 14.2 Å². The molecule has 0 heterocycles. The van der Waals surface area contributed by atoms with Gasteiger partial charge in [-0.05, 0) is 18.6 Å². The van der Waals surface area contributed by atoms with E-state index in [4.69, 9.17) is 17.0 Å². The topological polar surface area (TPSA) is 33.3 Å². The van der Waals surface area contributed by atoms with Gasteiger partial charge in [-0.25, -0.2) is 0 Å². The number of hydrogen-bond donors (Lipinski definition) is 2. The molecule has 0 bridgehead atoms. The molecule has 0 spiro atoms. The van der Waals surface area contributed by atoms with Gasteiger partial charge in [0.25, 0.3) is 0 Å². The molecule has 0 aromatic carbocycles. The summed E-state index contributed by atoms with van der Waals surface area (Å²) in [4.78, 5) is 0. The zero-order valence-corrected chi connectivity index (χ0v) is 8.12. The number of rotatable bonds is 4. The molecule has 3 nitrogen and oxygen atoms in total. The van der Waals surface area contributed by atoms with Gasteiger partial charge in [-0.2, -0.15) is 0 Å². The van der Waals surface area contributed by atoms with E-state index in [0.29, 0.717) is 17.8 Å². The molecule has 0 amide bonds. The van der Waals surface area contributed by atoms with E-state index in [1.807, 2.05) is 0 Å². The first-order valence-electron chi connectivity index (χ1n) is 3.71. The van der Waals surface area contributed by atoms with Crippen LogP contribution in [0.5, 0.6) is 0 Å². The summed E-state index contributed by atoms with van der Waals surface area (Å²) >= 11 is 4.93. The number of nitrogens with one attached hydrogen (secondary N) is 2. The Labute approximate surface area is 73.5 Å². The van der Waals surface area contributed by atoms with Crippen molar-refractivity contribution in [1.82, 2.24) is 10.6 Å². The summed E-state index contributed by atoms with van der Waals surface area (Å²) in [7, 11) is 3.49. The Balaban J connectivity index is 3.58. The predicted octanol–water partition coefficient (Wildman–Crippen LogP) is 0.505. The summed E-state index contributed by atoms with van der Waals surface area (Å²) in [5, 5.41) is 6.64. The van der Waals surface area contributed by atoms with E-state index in [1.54, 1.807) is 14.2 Å². The van der Waals surface area contributed by atoms with E-state index >= 15 is 0 Å². The third kappa shape index (κ3) is 4.98. The molecule has 0 saturated carbocycles. The van der Waals surface area contributed by atoms with Gasteiger partial charge in [-0.1, -0.05) is 6.92 Å². The molecule has 0 radical (unpaired) electrons. The van der Waals surface area contributed by atoms with Gasteiger partial charge in [0.05, 0.1) is 12.6 Å². The molecule has 0 aliphatic rings. The number of hydrogen-bond acceptors (Lipinski definition) is 2. The lowest BCUT2D eigenvalue weighted by Crippen LogP contribution is -2.42. The second-order valence-electron chi connectivity index (χ2n) is 2.28. The molecule has 0 rings (SSSR count). The first kappa shape index (κ1) is 10.7. The van der Waals surface area contributed by atoms with Crippen molar-refractivity contribution in [3.63, 3.8) is 0 Å². The van der Waals surface area contributed by atoms with Gasteiger partial charge in [0.15, 0.2) is 5.11 Å². The lowest BCUT2D eigenvalue weighted by molar-refractivity contribution is 0.172. The molecule has 0 fully saturated rings. The van der Waals surface area contributed by atoms with Gasteiger partial charge >= 0.3 is 0 Å². The van der Waals surface area contributed by atoms with Crippen LogP contribution in [0, 0.1) is 0 Å². The fourth-order valence-electron chi connectivity index (χ4n) is 0.720. The lowest BCUT2D eigenvalue weighted by atomic mass is 10.2. The van der Waals surface area contributed by atoms with Crippen LogP contribution >= 0.6 is 12.2 Å². The molecule has 0 aliphatic carbocycles. The smallest absolute Gasteiger partial charge is 0.166 e. The zero-order chi connectivity index (χ0) is 8.69. The highest BCUT2D eigenvalue weighted by atomic mass is 32.1. The Morgan fingerprint density at radius 2 is 2.27 bits per heavy atom. The molecule has 0 aliphatic heterocycles. The minimum absolute atomic E-state index is 0.319. The maximum absolute atomic E-state index is 4.99. The Kier molecular flexibility index (Phi) is 6.16. The van der Waals surface area contributed by atoms with Gasteiger partial charge in [0.2, 0.25) is 0 Å². The Morgan fingerprint density at radius 1 is 1.64 bits per heavy atom. The lowest BCUT2D eigenvalue weighted by Gasteiger charge is -2.16. The maximum Gasteiger partial charge on any atom is 0.166 e. The fourth-order valence-corrected chi connectivity index (χ4v) is 0.887. The third-order valence-electron chi connectivity index (χ3n) is 1.42. The molecule has 66 valence electrons. The highest BCUT2D eigenvalue weighted by Crippen LogP contribution is 1.90. The van der Waals surface area contributed by atoms with E-state index in [0.717, 1.165) is 6.42 Å². The summed E-state index contributed by atoms with van der Waals surface area (Å²) in [6.45, 7) is 2.78. The minimum atomic E-state index is 0.319. The van der Waals surface area contributed by atoms with Gasteiger partial charge in [0.1, 0.15) is 0 Å². The maximum atomic E-state index is 4.99. The van der Waals surface area contributed by atoms with Gasteiger partial charge in [-0.15, -0.1) is 0 Å². The summed E-state index contributed by atoms with van der Waals surface area (Å²) in [5.74, 6) is 0. The SMILES string of the molecule is CCC(COC)NC(=S)NC. The van der Waals surface area contributed by atoms with Gasteiger partial charge in [-0.3, -0.25) is 0 Å². The molecule has 0 saturated heterocycles. The highest BCUT2D eigenvalue weighted by Gasteiger charge is 2.04. The average molecular weight is 176 g/mol. The Morgan fingerprint density at radius 3 is 2.64 bits per heavy atom. The first-order chi connectivity index (χ1) is 5.24. The fraction of sp³-hybridized carbons (Fsp3) is 0.857. The standard InChI is InChI=1S/C7H16N2OS/c1-4-6(5-10-3)9-7(11)8-2/h6H,4-5H2,1-3H3,(H2,8,9,11). The van der Waals surface area contributed by atoms with Crippen LogP contribution in [0.3, 0.4) is 0 Å². The Hall–Kier alpha value is -0.350. The Bertz CT molecular complexity index is 119. The molecule has 1 atom stereocenters. The number of thiocarbonyl (C=S) groups is 1. The number of ether oxygens (including phenoxy) is 1. The van der Waals surface area contributed by atoms with Crippen LogP contribution < -0.4 is 10.6 Å². The normalized spacial score (nSPS) is 12.3. The van der Waals surface area contributed by atoms with Crippen molar-refractivity contribution in [3.05, 3.63) is 0 Å². The van der Waals surface area contributed by atoms with E-state index in [2.05, 4.69) is 17.6 Å². The van der Waals surface area contributed by atoms with Crippen LogP contribution in [0.25, 0.3) is 0 Å². The van der Waals surface area contributed by atoms with E-state index in [-0.39, 0.29) is 0 Å². The molecular formula is C7H16N2OS. The van der Waals surface area contributed by atoms with Crippen LogP contribution in [-0.4, -0.2) is 31.9 Å². The van der Waals surface area contributed by atoms with Crippen molar-refractivity contribution in [2.45, 2.75) is 19.4 Å². The third-order valence-corrected chi connectivity index (χ3v) is 1.74. The van der Waals surface area contributed by atoms with Crippen LogP contribution in [0.2, 0.25) is 0 Å². The summed E-state index contributed by atoms with van der Waals surface area (Å²) in [6.07, 6.45) is 1.01. The van der Waals surface area contributed by atoms with Crippen LogP contribution in [0.15, 0.2) is 0 Å². The van der Waals surface area contributed by atoms with E-state index in [9.17, 15) is 0 Å². The van der Waals surface area contributed by atoms with E-state index < -0.39 is 0 Å². The molecule has 0 aromatic rings. The van der Waals surface area contributed by atoms with Crippen LogP contribution in [0.1, 0.15) is 13.3 Å². The van der Waals surface area contributed by atoms with Crippen LogP contribution in [-0.2, 0) is 4.74 Å². The van der Waals surface area contributed by atoms with Crippen molar-refractivity contribution in [2.75, 3.05) is 20.8 Å². The molecule has 4 heteroatoms. The number of methoxy groups -OCH3 is 1. The monoisotopic (exact) mass is 176 g/mol. The van der Waals surface area contributed by atoms with E-state index in [1.165, 1.54) is 0 Å². The highest BCUT2D eigenvalue weighted by molar-refractivity contribution is 7.80. The van der Waals surface area contributed by atoms with Crippen molar-refractivity contribution in [2.24, 2.45) is 0 Å². The largest absolute Gasteiger partial charge is 0.383 e. The minimum Gasteiger partial charge on any atom is -0.383 e. The predicted molar refractivity (Wildman–Crippen MR) is 50.7 cm³/mol. The molecule has 11 heavy (non-hydrogen) atoms. The van der Waals surface area contributed by atoms with Crippen molar-refractivity contribution >= 4 is 17.3 Å². The average Bonchev–Trinajstić information content (AvgIpc) is 2.03. The van der Waals surface area contributed by atoms with Crippen molar-refractivity contribution < 1.29 is 4.74 Å². The summed E-state index contributed by atoms with van der Waals surface area (Å²) in [6, 6.07) is 0.319. The zero-order valence-electron chi connectivity index (χ0n) is 7.31. The second kappa shape index (κ2) is 6.37. The first-order valence-corrected chi connectivity index (χ1v) is 4.12. The van der Waals surface area contributed by atoms with Crippen molar-refractivity contribution in [3.8, 4) is 0 Å². The summed E-state index contributed by atoms with van der Waals surface area (Å²) in [5.41, 5.74) is 0. The second-order valence-corrected chi connectivity index (χ2v) is 2.69. The summed E-state index contributed by atoms with van der Waals surface area (Å²) < 4.78 is 4.99. The van der Waals surface area contributed by atoms with Crippen LogP contribution in [0.4, 0.5) is 0 Å². The molecule has 2 N–H and O–H groups in total. The molecule has 0 aromatic heterocycles. The molecule has 1 unspecified atom stereocenters. The quantitative estimate of drug-likeness (QED) is 0.611. The van der Waals surface area contributed by atoms with Crippen molar-refractivity contribution in [1.29, 1.82) is 0 Å². The van der Waals surface area contributed by atoms with Gasteiger partial charge < -0.3 is 15.4 Å². The molecular weight excluding hydrogens is 160 g/mol.